The van der Waals surface area contributed by atoms with E-state index in [0.29, 0.717) is 5.71 Å². The highest BCUT2D eigenvalue weighted by molar-refractivity contribution is 6.15. The van der Waals surface area contributed by atoms with Gasteiger partial charge in [-0.25, -0.2) is 4.98 Å². The fourth-order valence-electron chi connectivity index (χ4n) is 6.67. The number of nitrogens with zero attached hydrogens (tertiary/aromatic N) is 2. The summed E-state index contributed by atoms with van der Waals surface area (Å²) in [4.78, 5) is 6.72. The third kappa shape index (κ3) is 3.32. The number of benzene rings is 6. The summed E-state index contributed by atoms with van der Waals surface area (Å²) in [5.41, 5.74) is 7.85. The van der Waals surface area contributed by atoms with Crippen molar-refractivity contribution in [3.05, 3.63) is 134 Å². The molecule has 0 aliphatic heterocycles. The molecule has 0 N–H and O–H groups in total. The fourth-order valence-corrected chi connectivity index (χ4v) is 6.67. The highest BCUT2D eigenvalue weighted by Gasteiger charge is 2.19. The van der Waals surface area contributed by atoms with Gasteiger partial charge in [0.05, 0.1) is 0 Å². The van der Waals surface area contributed by atoms with E-state index in [1.54, 1.807) is 6.20 Å². The van der Waals surface area contributed by atoms with Crippen molar-refractivity contribution < 1.29 is 13.3 Å². The van der Waals surface area contributed by atoms with Crippen molar-refractivity contribution in [3.8, 4) is 0 Å². The second-order valence-corrected chi connectivity index (χ2v) is 11.2. The van der Waals surface area contributed by atoms with Crippen molar-refractivity contribution in [3.63, 3.8) is 0 Å². The summed E-state index contributed by atoms with van der Waals surface area (Å²) in [6.45, 7) is 0. The number of fused-ring (bicyclic) bond motifs is 11. The molecule has 4 aromatic heterocycles. The van der Waals surface area contributed by atoms with Gasteiger partial charge in [0.2, 0.25) is 5.71 Å². The minimum absolute atomic E-state index is 0.642. The Labute approximate surface area is 250 Å². The first-order chi connectivity index (χ1) is 21.8. The topological polar surface area (TPSA) is 55.6 Å². The van der Waals surface area contributed by atoms with Crippen LogP contribution in [0.1, 0.15) is 0 Å². The van der Waals surface area contributed by atoms with Crippen molar-refractivity contribution in [2.75, 3.05) is 4.90 Å². The van der Waals surface area contributed by atoms with Gasteiger partial charge in [-0.3, -0.25) is 0 Å². The second-order valence-electron chi connectivity index (χ2n) is 11.2. The Bertz CT molecular complexity index is 2630. The van der Waals surface area contributed by atoms with Crippen LogP contribution in [0.2, 0.25) is 0 Å². The molecule has 0 aliphatic carbocycles. The number of hydrogen-bond donors (Lipinski definition) is 0. The predicted octanol–water partition coefficient (Wildman–Crippen LogP) is 11.4. The Morgan fingerprint density at radius 1 is 0.409 bits per heavy atom. The number of hydrogen-bond acceptors (Lipinski definition) is 5. The van der Waals surface area contributed by atoms with E-state index in [4.69, 9.17) is 13.3 Å². The molecule has 0 atom stereocenters. The van der Waals surface area contributed by atoms with Crippen molar-refractivity contribution in [1.82, 2.24) is 4.98 Å². The molecule has 0 bridgehead atoms. The van der Waals surface area contributed by atoms with Gasteiger partial charge >= 0.3 is 0 Å². The van der Waals surface area contributed by atoms with Crippen LogP contribution in [0.15, 0.2) is 147 Å². The lowest BCUT2D eigenvalue weighted by Gasteiger charge is -2.25. The smallest absolute Gasteiger partial charge is 0.227 e. The summed E-state index contributed by atoms with van der Waals surface area (Å²) < 4.78 is 19.0. The van der Waals surface area contributed by atoms with Crippen LogP contribution in [-0.4, -0.2) is 4.98 Å². The minimum Gasteiger partial charge on any atom is -0.456 e. The van der Waals surface area contributed by atoms with Crippen LogP contribution in [0.5, 0.6) is 0 Å². The predicted molar refractivity (Wildman–Crippen MR) is 178 cm³/mol. The number of pyridine rings is 1. The molecule has 5 nitrogen and oxygen atoms in total. The molecule has 0 spiro atoms. The van der Waals surface area contributed by atoms with Gasteiger partial charge in [-0.15, -0.1) is 0 Å². The first-order valence-corrected chi connectivity index (χ1v) is 14.6. The van der Waals surface area contributed by atoms with Crippen LogP contribution in [0.25, 0.3) is 76.7 Å². The highest BCUT2D eigenvalue weighted by atomic mass is 16.3. The molecule has 0 amide bonds. The summed E-state index contributed by atoms with van der Waals surface area (Å²) in [6.07, 6.45) is 1.77. The van der Waals surface area contributed by atoms with Gasteiger partial charge in [0.25, 0.3) is 0 Å². The lowest BCUT2D eigenvalue weighted by atomic mass is 10.0. The molecular formula is C39H22N2O3. The molecule has 0 fully saturated rings. The quantitative estimate of drug-likeness (QED) is 0.213. The van der Waals surface area contributed by atoms with Gasteiger partial charge in [0.1, 0.15) is 27.9 Å². The molecule has 0 saturated carbocycles. The van der Waals surface area contributed by atoms with Crippen molar-refractivity contribution in [2.24, 2.45) is 0 Å². The maximum atomic E-state index is 6.33. The zero-order valence-electron chi connectivity index (χ0n) is 23.3. The molecule has 44 heavy (non-hydrogen) atoms. The van der Waals surface area contributed by atoms with Crippen LogP contribution in [0, 0.1) is 0 Å². The summed E-state index contributed by atoms with van der Waals surface area (Å²) in [6, 6.07) is 43.9. The highest BCUT2D eigenvalue weighted by Crippen LogP contribution is 2.42. The Balaban J connectivity index is 1.23. The summed E-state index contributed by atoms with van der Waals surface area (Å²) in [5, 5.41) is 8.58. The van der Waals surface area contributed by atoms with Crippen LogP contribution in [-0.2, 0) is 0 Å². The third-order valence-corrected chi connectivity index (χ3v) is 8.72. The maximum absolute atomic E-state index is 6.33. The molecule has 0 radical (unpaired) electrons. The fraction of sp³-hybridized carbons (Fsp3) is 0. The molecule has 0 unspecified atom stereocenters. The Hall–Kier alpha value is -6.07. The number of rotatable bonds is 3. The van der Waals surface area contributed by atoms with E-state index in [9.17, 15) is 0 Å². The largest absolute Gasteiger partial charge is 0.456 e. The van der Waals surface area contributed by atoms with E-state index in [0.717, 1.165) is 88.1 Å². The lowest BCUT2D eigenvalue weighted by Crippen LogP contribution is -2.09. The van der Waals surface area contributed by atoms with E-state index < -0.39 is 0 Å². The standard InChI is InChI=1S/C39H22N2O3/c1-3-9-34-27(6-1)29-17-14-25(21-36(29)42-34)41(26-15-18-30-28-7-2-4-10-35(28)43-37(30)22-26)24-13-11-23-12-16-31-32-8-5-19-40-39(32)44-38(31)33(23)20-24/h1-22H. The molecule has 0 aliphatic rings. The van der Waals surface area contributed by atoms with Crippen molar-refractivity contribution >= 4 is 93.8 Å². The van der Waals surface area contributed by atoms with Crippen LogP contribution in [0.4, 0.5) is 17.1 Å². The van der Waals surface area contributed by atoms with Crippen molar-refractivity contribution in [2.45, 2.75) is 0 Å². The van der Waals surface area contributed by atoms with Crippen LogP contribution >= 0.6 is 0 Å². The average Bonchev–Trinajstić information content (AvgIpc) is 3.75. The summed E-state index contributed by atoms with van der Waals surface area (Å²) in [7, 11) is 0. The van der Waals surface area contributed by atoms with E-state index in [1.807, 2.05) is 42.5 Å². The third-order valence-electron chi connectivity index (χ3n) is 8.72. The van der Waals surface area contributed by atoms with Gasteiger partial charge in [-0.2, -0.15) is 0 Å². The van der Waals surface area contributed by atoms with E-state index >= 15 is 0 Å². The zero-order chi connectivity index (χ0) is 28.8. The number of furan rings is 3. The normalized spacial score (nSPS) is 12.1. The van der Waals surface area contributed by atoms with Crippen molar-refractivity contribution in [1.29, 1.82) is 0 Å². The Morgan fingerprint density at radius 3 is 1.66 bits per heavy atom. The molecular weight excluding hydrogens is 544 g/mol. The second kappa shape index (κ2) is 8.72. The Morgan fingerprint density at radius 2 is 0.955 bits per heavy atom. The van der Waals surface area contributed by atoms with Gasteiger partial charge in [-0.1, -0.05) is 48.5 Å². The van der Waals surface area contributed by atoms with Gasteiger partial charge in [0.15, 0.2) is 0 Å². The zero-order valence-corrected chi connectivity index (χ0v) is 23.3. The molecule has 206 valence electrons. The van der Waals surface area contributed by atoms with E-state index in [-0.39, 0.29) is 0 Å². The van der Waals surface area contributed by atoms with Crippen LogP contribution < -0.4 is 4.90 Å². The number of anilines is 3. The monoisotopic (exact) mass is 566 g/mol. The van der Waals surface area contributed by atoms with Gasteiger partial charge in [0, 0.05) is 73.1 Å². The first-order valence-electron chi connectivity index (χ1n) is 14.6. The molecule has 0 saturated heterocycles. The molecule has 6 aromatic carbocycles. The summed E-state index contributed by atoms with van der Waals surface area (Å²) in [5.74, 6) is 0. The Kier molecular flexibility index (Phi) is 4.66. The molecule has 4 heterocycles. The maximum Gasteiger partial charge on any atom is 0.227 e. The molecule has 5 heteroatoms. The summed E-state index contributed by atoms with van der Waals surface area (Å²) >= 11 is 0. The van der Waals surface area contributed by atoms with Gasteiger partial charge < -0.3 is 18.2 Å². The number of para-hydroxylation sites is 2. The average molecular weight is 567 g/mol. The van der Waals surface area contributed by atoms with Gasteiger partial charge in [-0.05, 0) is 72.1 Å². The van der Waals surface area contributed by atoms with E-state index in [2.05, 4.69) is 94.8 Å². The first kappa shape index (κ1) is 23.5. The molecule has 10 rings (SSSR count). The minimum atomic E-state index is 0.642. The SMILES string of the molecule is c1ccc2c(c1)oc1cc(N(c3ccc4c(c3)oc3ccccc34)c3ccc4ccc5c6cccnc6oc5c4c3)ccc12. The van der Waals surface area contributed by atoms with Crippen LogP contribution in [0.3, 0.4) is 0 Å². The molecule has 10 aromatic rings. The lowest BCUT2D eigenvalue weighted by molar-refractivity contribution is 0.657. The number of aromatic nitrogens is 1. The van der Waals surface area contributed by atoms with E-state index in [1.165, 1.54) is 0 Å².